The Morgan fingerprint density at radius 3 is 2.56 bits per heavy atom. The van der Waals surface area contributed by atoms with E-state index < -0.39 is 0 Å². The SMILES string of the molecule is CC.COc1ccccc1/C=C/CN(C)Cc1coc2ccccc12. The monoisotopic (exact) mass is 337 g/mol. The van der Waals surface area contributed by atoms with Crippen LogP contribution < -0.4 is 4.74 Å². The fraction of sp³-hybridized carbons (Fsp3) is 0.273. The Bertz CT molecular complexity index is 804. The second-order valence-corrected chi connectivity index (χ2v) is 5.60. The number of furan rings is 1. The van der Waals surface area contributed by atoms with Crippen LogP contribution in [0, 0.1) is 0 Å². The first-order valence-electron chi connectivity index (χ1n) is 8.71. The third kappa shape index (κ3) is 4.97. The van der Waals surface area contributed by atoms with Gasteiger partial charge >= 0.3 is 0 Å². The average Bonchev–Trinajstić information content (AvgIpc) is 3.07. The Labute approximate surface area is 150 Å². The lowest BCUT2D eigenvalue weighted by Gasteiger charge is -2.13. The molecule has 0 amide bonds. The molecule has 0 radical (unpaired) electrons. The molecule has 2 aromatic carbocycles. The Balaban J connectivity index is 0.00000109. The molecule has 0 N–H and O–H groups in total. The first kappa shape index (κ1) is 18.8. The predicted molar refractivity (Wildman–Crippen MR) is 106 cm³/mol. The minimum atomic E-state index is 0.854. The molecule has 0 bridgehead atoms. The number of hydrogen-bond acceptors (Lipinski definition) is 3. The summed E-state index contributed by atoms with van der Waals surface area (Å²) < 4.78 is 11.0. The quantitative estimate of drug-likeness (QED) is 0.584. The van der Waals surface area contributed by atoms with E-state index in [0.29, 0.717) is 0 Å². The van der Waals surface area contributed by atoms with Gasteiger partial charge in [0.2, 0.25) is 0 Å². The fourth-order valence-electron chi connectivity index (χ4n) is 2.67. The van der Waals surface area contributed by atoms with E-state index in [9.17, 15) is 0 Å². The summed E-state index contributed by atoms with van der Waals surface area (Å²) in [5, 5.41) is 1.19. The maximum Gasteiger partial charge on any atom is 0.134 e. The topological polar surface area (TPSA) is 25.6 Å². The maximum atomic E-state index is 5.59. The smallest absolute Gasteiger partial charge is 0.134 e. The molecule has 3 rings (SSSR count). The van der Waals surface area contributed by atoms with Crippen LogP contribution in [-0.2, 0) is 6.54 Å². The molecule has 0 aliphatic rings. The largest absolute Gasteiger partial charge is 0.496 e. The summed E-state index contributed by atoms with van der Waals surface area (Å²) in [6.45, 7) is 5.71. The molecular formula is C22H27NO2. The zero-order valence-corrected chi connectivity index (χ0v) is 15.5. The first-order valence-corrected chi connectivity index (χ1v) is 8.71. The summed E-state index contributed by atoms with van der Waals surface area (Å²) in [7, 11) is 3.80. The van der Waals surface area contributed by atoms with Gasteiger partial charge in [-0.05, 0) is 19.2 Å². The highest BCUT2D eigenvalue weighted by Gasteiger charge is 2.07. The lowest BCUT2D eigenvalue weighted by Crippen LogP contribution is -2.17. The minimum Gasteiger partial charge on any atom is -0.496 e. The van der Waals surface area contributed by atoms with E-state index in [1.54, 1.807) is 7.11 Å². The zero-order valence-electron chi connectivity index (χ0n) is 15.5. The predicted octanol–water partition coefficient (Wildman–Crippen LogP) is 5.61. The van der Waals surface area contributed by atoms with Crippen molar-refractivity contribution in [2.45, 2.75) is 20.4 Å². The van der Waals surface area contributed by atoms with Gasteiger partial charge in [0.25, 0.3) is 0 Å². The van der Waals surface area contributed by atoms with Crippen molar-refractivity contribution in [3.05, 3.63) is 72.0 Å². The lowest BCUT2D eigenvalue weighted by atomic mass is 10.1. The number of fused-ring (bicyclic) bond motifs is 1. The van der Waals surface area contributed by atoms with Gasteiger partial charge in [0.15, 0.2) is 0 Å². The van der Waals surface area contributed by atoms with Crippen molar-refractivity contribution >= 4 is 17.0 Å². The van der Waals surface area contributed by atoms with Crippen LogP contribution in [-0.4, -0.2) is 25.6 Å². The van der Waals surface area contributed by atoms with Crippen molar-refractivity contribution in [1.82, 2.24) is 4.90 Å². The van der Waals surface area contributed by atoms with Gasteiger partial charge in [0.05, 0.1) is 13.4 Å². The molecular weight excluding hydrogens is 310 g/mol. The third-order valence-electron chi connectivity index (χ3n) is 3.85. The van der Waals surface area contributed by atoms with Crippen molar-refractivity contribution in [3.63, 3.8) is 0 Å². The molecule has 1 aromatic heterocycles. The Morgan fingerprint density at radius 2 is 1.76 bits per heavy atom. The molecule has 0 unspecified atom stereocenters. The van der Waals surface area contributed by atoms with E-state index in [0.717, 1.165) is 30.0 Å². The number of likely N-dealkylation sites (N-methyl/N-ethyl adjacent to an activating group) is 1. The van der Waals surface area contributed by atoms with E-state index >= 15 is 0 Å². The number of benzene rings is 2. The molecule has 0 spiro atoms. The van der Waals surface area contributed by atoms with Crippen LogP contribution in [0.3, 0.4) is 0 Å². The Morgan fingerprint density at radius 1 is 1.04 bits per heavy atom. The highest BCUT2D eigenvalue weighted by molar-refractivity contribution is 5.80. The van der Waals surface area contributed by atoms with E-state index in [-0.39, 0.29) is 0 Å². The highest BCUT2D eigenvalue weighted by atomic mass is 16.5. The summed E-state index contributed by atoms with van der Waals surface area (Å²) in [4.78, 5) is 2.25. The molecule has 0 saturated carbocycles. The molecule has 1 heterocycles. The molecule has 0 saturated heterocycles. The van der Waals surface area contributed by atoms with Crippen LogP contribution in [0.15, 0.2) is 65.3 Å². The van der Waals surface area contributed by atoms with Crippen molar-refractivity contribution in [1.29, 1.82) is 0 Å². The summed E-state index contributed by atoms with van der Waals surface area (Å²) in [6.07, 6.45) is 6.11. The molecule has 0 fully saturated rings. The summed E-state index contributed by atoms with van der Waals surface area (Å²) >= 11 is 0. The number of para-hydroxylation sites is 2. The Kier molecular flexibility index (Phi) is 7.30. The standard InChI is InChI=1S/C20H21NO2.C2H6/c1-21(13-7-9-16-8-3-5-11-19(16)22-2)14-17-15-23-20-12-6-4-10-18(17)20;1-2/h3-12,15H,13-14H2,1-2H3;1-2H3/b9-7+;. The molecule has 0 aliphatic heterocycles. The molecule has 3 heteroatoms. The third-order valence-corrected chi connectivity index (χ3v) is 3.85. The van der Waals surface area contributed by atoms with Crippen LogP contribution >= 0.6 is 0 Å². The molecule has 0 aliphatic carbocycles. The summed E-state index contributed by atoms with van der Waals surface area (Å²) in [6, 6.07) is 16.2. The van der Waals surface area contributed by atoms with E-state index in [2.05, 4.69) is 36.2 Å². The molecule has 25 heavy (non-hydrogen) atoms. The number of nitrogens with zero attached hydrogens (tertiary/aromatic N) is 1. The zero-order chi connectivity index (χ0) is 18.1. The van der Waals surface area contributed by atoms with Gasteiger partial charge in [0.1, 0.15) is 11.3 Å². The van der Waals surface area contributed by atoms with E-state index in [1.165, 1.54) is 10.9 Å². The molecule has 3 aromatic rings. The normalized spacial score (nSPS) is 10.9. The van der Waals surface area contributed by atoms with Crippen LogP contribution in [0.25, 0.3) is 17.0 Å². The molecule has 3 nitrogen and oxygen atoms in total. The fourth-order valence-corrected chi connectivity index (χ4v) is 2.67. The average molecular weight is 337 g/mol. The van der Waals surface area contributed by atoms with Gasteiger partial charge < -0.3 is 9.15 Å². The maximum absolute atomic E-state index is 5.59. The van der Waals surface area contributed by atoms with Crippen molar-refractivity contribution in [2.75, 3.05) is 20.7 Å². The Hall–Kier alpha value is -2.52. The van der Waals surface area contributed by atoms with Gasteiger partial charge in [-0.1, -0.05) is 62.4 Å². The minimum absolute atomic E-state index is 0.854. The van der Waals surface area contributed by atoms with Gasteiger partial charge in [-0.15, -0.1) is 0 Å². The van der Waals surface area contributed by atoms with Crippen molar-refractivity contribution in [3.8, 4) is 5.75 Å². The van der Waals surface area contributed by atoms with Crippen LogP contribution in [0.5, 0.6) is 5.75 Å². The van der Waals surface area contributed by atoms with E-state index in [1.807, 2.05) is 56.5 Å². The van der Waals surface area contributed by atoms with Gasteiger partial charge in [-0.3, -0.25) is 4.90 Å². The number of methoxy groups -OCH3 is 1. The van der Waals surface area contributed by atoms with Crippen molar-refractivity contribution in [2.24, 2.45) is 0 Å². The number of rotatable bonds is 6. The van der Waals surface area contributed by atoms with Crippen LogP contribution in [0.2, 0.25) is 0 Å². The van der Waals surface area contributed by atoms with E-state index in [4.69, 9.17) is 9.15 Å². The number of ether oxygens (including phenoxy) is 1. The summed E-state index contributed by atoms with van der Waals surface area (Å²) in [5.74, 6) is 0.896. The van der Waals surface area contributed by atoms with Gasteiger partial charge in [-0.25, -0.2) is 0 Å². The molecule has 132 valence electrons. The first-order chi connectivity index (χ1) is 12.3. The van der Waals surface area contributed by atoms with Crippen LogP contribution in [0.1, 0.15) is 25.0 Å². The second kappa shape index (κ2) is 9.70. The highest BCUT2D eigenvalue weighted by Crippen LogP contribution is 2.22. The molecule has 0 atom stereocenters. The lowest BCUT2D eigenvalue weighted by molar-refractivity contribution is 0.363. The van der Waals surface area contributed by atoms with Gasteiger partial charge in [-0.2, -0.15) is 0 Å². The summed E-state index contributed by atoms with van der Waals surface area (Å²) in [5.41, 5.74) is 3.26. The number of hydrogen-bond donors (Lipinski definition) is 0. The second-order valence-electron chi connectivity index (χ2n) is 5.60. The van der Waals surface area contributed by atoms with Crippen molar-refractivity contribution < 1.29 is 9.15 Å². The van der Waals surface area contributed by atoms with Gasteiger partial charge in [0, 0.05) is 29.6 Å². The van der Waals surface area contributed by atoms with Crippen LogP contribution in [0.4, 0.5) is 0 Å².